The van der Waals surface area contributed by atoms with Crippen LogP contribution in [0, 0.1) is 16.7 Å². The Morgan fingerprint density at radius 3 is 2.59 bits per heavy atom. The molecule has 3 aliphatic rings. The van der Waals surface area contributed by atoms with Gasteiger partial charge in [-0.05, 0) is 36.2 Å². The number of sulfone groups is 1. The number of nitriles is 1. The molecule has 0 amide bonds. The molecule has 11 nitrogen and oxygen atoms in total. The molecule has 2 atom stereocenters. The number of hydrogen-bond donors (Lipinski definition) is 2. The zero-order valence-electron chi connectivity index (χ0n) is 22.7. The first kappa shape index (κ1) is 26.6. The van der Waals surface area contributed by atoms with Crippen LogP contribution in [0.15, 0.2) is 66.3 Å². The lowest BCUT2D eigenvalue weighted by molar-refractivity contribution is -0.00877. The Morgan fingerprint density at radius 2 is 1.98 bits per heavy atom. The fraction of sp³-hybridized carbons (Fsp3) is 0.276. The molecule has 3 fully saturated rings. The Kier molecular flexibility index (Phi) is 6.76. The van der Waals surface area contributed by atoms with Crippen LogP contribution in [0.25, 0.3) is 22.2 Å². The monoisotopic (exact) mass is 567 g/mol. The number of allylic oxidation sites excluding steroid dienone is 1. The van der Waals surface area contributed by atoms with Crippen LogP contribution in [-0.2, 0) is 16.4 Å². The van der Waals surface area contributed by atoms with Gasteiger partial charge in [0.2, 0.25) is 0 Å². The maximum atomic E-state index is 11.7. The zero-order chi connectivity index (χ0) is 28.7. The van der Waals surface area contributed by atoms with E-state index >= 15 is 0 Å². The highest BCUT2D eigenvalue weighted by molar-refractivity contribution is 7.90. The summed E-state index contributed by atoms with van der Waals surface area (Å²) in [5.41, 5.74) is 5.35. The van der Waals surface area contributed by atoms with Crippen LogP contribution >= 0.6 is 0 Å². The predicted molar refractivity (Wildman–Crippen MR) is 156 cm³/mol. The molecule has 0 aliphatic carbocycles. The Bertz CT molecular complexity index is 1790. The van der Waals surface area contributed by atoms with Gasteiger partial charge in [0.05, 0.1) is 17.3 Å². The fourth-order valence-electron chi connectivity index (χ4n) is 5.74. The smallest absolute Gasteiger partial charge is 0.192 e. The number of nitrogens with one attached hydrogen (secondary N) is 2. The molecule has 0 radical (unpaired) electrons. The van der Waals surface area contributed by atoms with Gasteiger partial charge in [0.1, 0.15) is 11.9 Å². The molecule has 0 spiro atoms. The highest BCUT2D eigenvalue weighted by atomic mass is 32.2. The first-order chi connectivity index (χ1) is 19.8. The summed E-state index contributed by atoms with van der Waals surface area (Å²) in [6.07, 6.45) is 12.2. The molecule has 12 heteroatoms. The standard InChI is InChI=1S/C29H29N9O2S/c1-32-12-22(9-30)21-7-26(29-23(10-31)14-35-38(29)16-21)20-4-5-27(33-13-20)36-17-24-8-25(18-36)37(24)15-19-3-6-28(34-11-19)41(2,39)40/h3-7,9,11-14,16,24-25,30,32H,8,15,17-18H2,1-2H3/b22-12+,30-9?. The molecule has 4 aromatic heterocycles. The van der Waals surface area contributed by atoms with Crippen LogP contribution in [0.5, 0.6) is 0 Å². The third-order valence-corrected chi connectivity index (χ3v) is 8.79. The number of fused-ring (bicyclic) bond motifs is 3. The Labute approximate surface area is 238 Å². The fourth-order valence-corrected chi connectivity index (χ4v) is 6.30. The Hall–Kier alpha value is -4.60. The molecule has 3 saturated heterocycles. The highest BCUT2D eigenvalue weighted by Gasteiger charge is 2.44. The first-order valence-corrected chi connectivity index (χ1v) is 15.1. The maximum Gasteiger partial charge on any atom is 0.192 e. The van der Waals surface area contributed by atoms with E-state index in [2.05, 4.69) is 31.3 Å². The number of anilines is 1. The van der Waals surface area contributed by atoms with E-state index in [0.717, 1.165) is 54.1 Å². The van der Waals surface area contributed by atoms with Gasteiger partial charge < -0.3 is 15.6 Å². The molecule has 3 aliphatic heterocycles. The lowest BCUT2D eigenvalue weighted by Crippen LogP contribution is -2.68. The number of aromatic nitrogens is 4. The van der Waals surface area contributed by atoms with Crippen molar-refractivity contribution in [1.29, 1.82) is 10.7 Å². The van der Waals surface area contributed by atoms with Crippen molar-refractivity contribution in [2.45, 2.75) is 30.1 Å². The van der Waals surface area contributed by atoms with Crippen molar-refractivity contribution in [2.75, 3.05) is 31.3 Å². The molecule has 2 bridgehead atoms. The van der Waals surface area contributed by atoms with E-state index in [1.54, 1.807) is 36.2 Å². The Balaban J connectivity index is 1.21. The summed E-state index contributed by atoms with van der Waals surface area (Å²) in [4.78, 5) is 13.7. The quantitative estimate of drug-likeness (QED) is 0.307. The number of hydrogen-bond acceptors (Lipinski definition) is 10. The van der Waals surface area contributed by atoms with E-state index < -0.39 is 9.84 Å². The second kappa shape index (κ2) is 10.4. The van der Waals surface area contributed by atoms with Crippen LogP contribution in [0.3, 0.4) is 0 Å². The number of nitrogens with zero attached hydrogens (tertiary/aromatic N) is 7. The van der Waals surface area contributed by atoms with Gasteiger partial charge in [-0.1, -0.05) is 6.07 Å². The molecule has 2 N–H and O–H groups in total. The van der Waals surface area contributed by atoms with Crippen molar-refractivity contribution in [3.63, 3.8) is 0 Å². The molecule has 7 rings (SSSR count). The van der Waals surface area contributed by atoms with Gasteiger partial charge in [0.25, 0.3) is 0 Å². The number of pyridine rings is 3. The van der Waals surface area contributed by atoms with Crippen molar-refractivity contribution in [2.24, 2.45) is 0 Å². The topological polar surface area (TPSA) is 143 Å². The molecule has 41 heavy (non-hydrogen) atoms. The van der Waals surface area contributed by atoms with Gasteiger partial charge in [0, 0.05) is 98.3 Å². The zero-order valence-corrected chi connectivity index (χ0v) is 23.5. The minimum atomic E-state index is -3.31. The van der Waals surface area contributed by atoms with Crippen LogP contribution in [0.1, 0.15) is 23.1 Å². The lowest BCUT2D eigenvalue weighted by atomic mass is 9.87. The van der Waals surface area contributed by atoms with Gasteiger partial charge in [-0.2, -0.15) is 10.4 Å². The molecule has 0 aromatic carbocycles. The van der Waals surface area contributed by atoms with Crippen molar-refractivity contribution in [3.05, 3.63) is 78.0 Å². The summed E-state index contributed by atoms with van der Waals surface area (Å²) in [7, 11) is -1.52. The average molecular weight is 568 g/mol. The molecular weight excluding hydrogens is 538 g/mol. The molecular formula is C29H29N9O2S. The van der Waals surface area contributed by atoms with Gasteiger partial charge in [-0.15, -0.1) is 0 Å². The van der Waals surface area contributed by atoms with Gasteiger partial charge in [0.15, 0.2) is 14.9 Å². The molecule has 4 aromatic rings. The number of piperidine rings is 1. The van der Waals surface area contributed by atoms with Crippen LogP contribution < -0.4 is 10.2 Å². The van der Waals surface area contributed by atoms with E-state index in [4.69, 9.17) is 10.4 Å². The molecule has 7 heterocycles. The van der Waals surface area contributed by atoms with Crippen molar-refractivity contribution < 1.29 is 8.42 Å². The van der Waals surface area contributed by atoms with Gasteiger partial charge >= 0.3 is 0 Å². The molecule has 2 unspecified atom stereocenters. The normalized spacial score (nSPS) is 19.0. The third-order valence-electron chi connectivity index (χ3n) is 7.79. The summed E-state index contributed by atoms with van der Waals surface area (Å²) >= 11 is 0. The average Bonchev–Trinajstić information content (AvgIpc) is 3.41. The van der Waals surface area contributed by atoms with Crippen molar-refractivity contribution >= 4 is 33.0 Å². The van der Waals surface area contributed by atoms with Crippen molar-refractivity contribution in [1.82, 2.24) is 29.8 Å². The minimum absolute atomic E-state index is 0.0971. The van der Waals surface area contributed by atoms with Crippen LogP contribution in [-0.4, -0.2) is 77.6 Å². The van der Waals surface area contributed by atoms with E-state index in [-0.39, 0.29) is 5.03 Å². The molecule has 208 valence electrons. The van der Waals surface area contributed by atoms with E-state index in [0.29, 0.717) is 28.7 Å². The van der Waals surface area contributed by atoms with Gasteiger partial charge in [-0.3, -0.25) is 4.90 Å². The predicted octanol–water partition coefficient (Wildman–Crippen LogP) is 2.74. The van der Waals surface area contributed by atoms with Crippen LogP contribution in [0.4, 0.5) is 5.82 Å². The summed E-state index contributed by atoms with van der Waals surface area (Å²) in [6, 6.07) is 12.4. The van der Waals surface area contributed by atoms with Crippen LogP contribution in [0.2, 0.25) is 0 Å². The highest BCUT2D eigenvalue weighted by Crippen LogP contribution is 2.36. The first-order valence-electron chi connectivity index (χ1n) is 13.2. The van der Waals surface area contributed by atoms with E-state index in [9.17, 15) is 13.7 Å². The van der Waals surface area contributed by atoms with E-state index in [1.165, 1.54) is 12.5 Å². The maximum absolute atomic E-state index is 11.7. The summed E-state index contributed by atoms with van der Waals surface area (Å²) in [5, 5.41) is 25.0. The Morgan fingerprint density at radius 1 is 1.17 bits per heavy atom. The number of piperazine rings is 1. The summed E-state index contributed by atoms with van der Waals surface area (Å²) < 4.78 is 25.1. The van der Waals surface area contributed by atoms with E-state index in [1.807, 2.05) is 36.7 Å². The second-order valence-corrected chi connectivity index (χ2v) is 12.4. The van der Waals surface area contributed by atoms with Gasteiger partial charge in [-0.25, -0.2) is 22.9 Å². The summed E-state index contributed by atoms with van der Waals surface area (Å²) in [5.74, 6) is 0.902. The third kappa shape index (κ3) is 4.94. The minimum Gasteiger partial charge on any atom is -0.393 e. The largest absolute Gasteiger partial charge is 0.393 e. The number of rotatable bonds is 8. The summed E-state index contributed by atoms with van der Waals surface area (Å²) in [6.45, 7) is 2.46. The molecule has 0 saturated carbocycles. The van der Waals surface area contributed by atoms with Crippen molar-refractivity contribution in [3.8, 4) is 17.2 Å². The second-order valence-electron chi connectivity index (χ2n) is 10.4. The SMILES string of the molecule is CN/C=C(\C=N)c1cc(-c2ccc(N3CC4CC(C3)N4Cc3ccc(S(C)(=O)=O)nc3)nc2)c2c(C#N)cnn2c1. The lowest BCUT2D eigenvalue weighted by Gasteiger charge is -2.56.